The summed E-state index contributed by atoms with van der Waals surface area (Å²) in [5.74, 6) is -0.306. The third-order valence-electron chi connectivity index (χ3n) is 2.26. The standard InChI is InChI=1S/C7H10FN2OS.Ra.H/c1-7(2,8)4-5(11)10-6(9-3)12-4;;/h1-3H3,(H,9,10,11);;. The summed E-state index contributed by atoms with van der Waals surface area (Å²) in [7, 11) is 1.69. The number of amidine groups is 1. The van der Waals surface area contributed by atoms with Crippen LogP contribution in [0.2, 0.25) is 0 Å². The van der Waals surface area contributed by atoms with Gasteiger partial charge in [-0.25, -0.2) is 0 Å². The van der Waals surface area contributed by atoms with Crippen molar-refractivity contribution in [2.24, 2.45) is 4.99 Å². The van der Waals surface area contributed by atoms with Crippen molar-refractivity contribution in [2.75, 3.05) is 7.05 Å². The molecule has 0 fully saturated rings. The Balaban J connectivity index is 2.95. The second-order valence-electron chi connectivity index (χ2n) is 3.58. The molecule has 1 atom stereocenters. The quantitative estimate of drug-likeness (QED) is 0.680. The van der Waals surface area contributed by atoms with Crippen LogP contribution >= 0.6 is 11.8 Å². The number of carbonyl (C=O) groups is 1. The Hall–Kier alpha value is 0.888. The maximum absolute atomic E-state index is 13.8. The van der Waals surface area contributed by atoms with Crippen LogP contribution in [0.5, 0.6) is 0 Å². The van der Waals surface area contributed by atoms with Crippen LogP contribution in [-0.4, -0.2) is 23.6 Å². The Morgan fingerprint density at radius 2 is 2.23 bits per heavy atom. The van der Waals surface area contributed by atoms with Gasteiger partial charge in [-0.05, 0) is 0 Å². The van der Waals surface area contributed by atoms with Crippen molar-refractivity contribution in [1.29, 1.82) is 0 Å². The number of carbonyl (C=O) groups excluding carboxylic acids is 1. The molecule has 0 aromatic rings. The Morgan fingerprint density at radius 3 is 2.46 bits per heavy atom. The van der Waals surface area contributed by atoms with Crippen LogP contribution in [0.15, 0.2) is 4.99 Å². The summed E-state index contributed by atoms with van der Waals surface area (Å²) >= 11 is 0.961. The van der Waals surface area contributed by atoms with Gasteiger partial charge in [-0.15, -0.1) is 0 Å². The molecule has 0 saturated heterocycles. The summed E-state index contributed by atoms with van der Waals surface area (Å²) in [5.41, 5.74) is -1.47. The second kappa shape index (κ2) is 3.80. The van der Waals surface area contributed by atoms with Crippen LogP contribution in [0.1, 0.15) is 13.8 Å². The summed E-state index contributed by atoms with van der Waals surface area (Å²) < 4.78 is 12.9. The maximum atomic E-state index is 13.8. The monoisotopic (exact) mass is 416 g/mol. The van der Waals surface area contributed by atoms with Crippen molar-refractivity contribution in [2.45, 2.75) is 19.3 Å². The Labute approximate surface area is 110 Å². The van der Waals surface area contributed by atoms with Gasteiger partial charge in [-0.2, -0.15) is 0 Å². The zero-order valence-electron chi connectivity index (χ0n) is 8.14. The number of hydrogen-bond acceptors (Lipinski definition) is 3. The fourth-order valence-electron chi connectivity index (χ4n) is 0.941. The number of amides is 1. The summed E-state index contributed by atoms with van der Waals surface area (Å²) in [6, 6.07) is 0. The molecule has 1 heterocycles. The van der Waals surface area contributed by atoms with Gasteiger partial charge in [-0.3, -0.25) is 0 Å². The molecule has 0 spiro atoms. The third-order valence-corrected chi connectivity index (χ3v) is 13.0. The number of nitrogens with one attached hydrogen (secondary N) is 1. The van der Waals surface area contributed by atoms with E-state index in [2.05, 4.69) is 10.3 Å². The molecule has 0 aromatic carbocycles. The summed E-state index contributed by atoms with van der Waals surface area (Å²) in [5, 5.41) is 3.33. The summed E-state index contributed by atoms with van der Waals surface area (Å²) in [6.07, 6.45) is 0. The second-order valence-corrected chi connectivity index (χ2v) is 14.1. The number of alkyl halides is 1. The van der Waals surface area contributed by atoms with Crippen molar-refractivity contribution in [3.05, 3.63) is 0 Å². The van der Waals surface area contributed by atoms with Gasteiger partial charge in [0.2, 0.25) is 0 Å². The zero-order chi connectivity index (χ0) is 10.3. The van der Waals surface area contributed by atoms with E-state index in [0.29, 0.717) is 5.17 Å². The van der Waals surface area contributed by atoms with E-state index in [1.165, 1.54) is 25.6 Å². The van der Waals surface area contributed by atoms with Crippen LogP contribution < -0.4 is 5.32 Å². The van der Waals surface area contributed by atoms with Gasteiger partial charge in [0.05, 0.1) is 0 Å². The molecule has 1 unspecified atom stereocenters. The molecule has 1 aliphatic heterocycles. The van der Waals surface area contributed by atoms with Crippen molar-refractivity contribution in [1.82, 2.24) is 5.32 Å². The van der Waals surface area contributed by atoms with Gasteiger partial charge in [0.25, 0.3) is 0 Å². The van der Waals surface area contributed by atoms with Crippen LogP contribution in [0, 0.1) is 42.8 Å². The molecule has 70 valence electrons. The molecule has 0 aromatic heterocycles. The van der Waals surface area contributed by atoms with Gasteiger partial charge in [-0.1, -0.05) is 0 Å². The van der Waals surface area contributed by atoms with E-state index in [9.17, 15) is 9.18 Å². The van der Waals surface area contributed by atoms with Gasteiger partial charge in [0.1, 0.15) is 0 Å². The first-order valence-corrected chi connectivity index (χ1v) is 8.92. The SMILES string of the molecule is CNC1=NC(=O)[C]([RaH])(C(C)(C)F)S1. The minimum absolute atomic E-state index is 0.283. The van der Waals surface area contributed by atoms with Gasteiger partial charge >= 0.3 is 111 Å². The molecule has 0 bridgehead atoms. The van der Waals surface area contributed by atoms with E-state index in [0.717, 1.165) is 0 Å². The van der Waals surface area contributed by atoms with Crippen molar-refractivity contribution < 1.29 is 52.0 Å². The number of halogens is 1. The van der Waals surface area contributed by atoms with Crippen molar-refractivity contribution >= 4 is 22.8 Å². The molecule has 1 aliphatic rings. The number of thioether (sulfide) groups is 1. The Kier molecular flexibility index (Phi) is 3.50. The van der Waals surface area contributed by atoms with E-state index in [1.807, 2.05) is 0 Å². The number of hydrogen-bond donors (Lipinski definition) is 1. The van der Waals surface area contributed by atoms with Crippen LogP contribution in [0.25, 0.3) is 0 Å². The number of nitrogens with zero attached hydrogens (tertiary/aromatic N) is 1. The van der Waals surface area contributed by atoms with E-state index in [1.54, 1.807) is 7.05 Å². The molecule has 0 saturated carbocycles. The molecule has 13 heavy (non-hydrogen) atoms. The van der Waals surface area contributed by atoms with Crippen LogP contribution in [0.4, 0.5) is 4.39 Å². The minimum atomic E-state index is -1.47. The Morgan fingerprint density at radius 1 is 1.69 bits per heavy atom. The van der Waals surface area contributed by atoms with E-state index < -0.39 is 5.46 Å². The average molecular weight is 416 g/mol. The normalized spacial score (nSPS) is 28.8. The van der Waals surface area contributed by atoms with Gasteiger partial charge in [0, 0.05) is 0 Å². The number of rotatable bonds is 1. The number of aliphatic imine (C=N–C) groups is 1. The molecule has 3 nitrogen and oxygen atoms in total. The molecule has 1 amide bonds. The third kappa shape index (κ3) is 2.11. The Bertz CT molecular complexity index is 276. The van der Waals surface area contributed by atoms with E-state index in [4.69, 9.17) is 0 Å². The van der Waals surface area contributed by atoms with Crippen LogP contribution in [0.3, 0.4) is 0 Å². The van der Waals surface area contributed by atoms with Gasteiger partial charge in [0.15, 0.2) is 0 Å². The molecule has 0 aliphatic carbocycles. The first-order chi connectivity index (χ1) is 5.81. The first-order valence-electron chi connectivity index (χ1n) is 4.00. The van der Waals surface area contributed by atoms with Crippen molar-refractivity contribution in [3.63, 3.8) is 0 Å². The fourth-order valence-corrected chi connectivity index (χ4v) is 4.78. The summed E-state index contributed by atoms with van der Waals surface area (Å²) in [4.78, 5) is 15.3. The molecule has 6 heteroatoms. The summed E-state index contributed by atoms with van der Waals surface area (Å²) in [6.45, 7) is 2.90. The predicted molar refractivity (Wildman–Crippen MR) is 48.4 cm³/mol. The fraction of sp³-hybridized carbons (Fsp3) is 0.714. The average Bonchev–Trinajstić information content (AvgIpc) is 2.28. The molecule has 0 radical (unpaired) electrons. The molecular weight excluding hydrogens is 405 g/mol. The van der Waals surface area contributed by atoms with E-state index in [-0.39, 0.29) is 48.7 Å². The van der Waals surface area contributed by atoms with E-state index >= 15 is 0 Å². The predicted octanol–water partition coefficient (Wildman–Crippen LogP) is 0.561. The molecule has 1 N–H and O–H groups in total. The molecular formula is C7H11FN2ORaS. The molecule has 1 rings (SSSR count). The van der Waals surface area contributed by atoms with Crippen molar-refractivity contribution in [3.8, 4) is 0 Å². The zero-order valence-corrected chi connectivity index (χ0v) is 17.2. The topological polar surface area (TPSA) is 41.5 Å². The van der Waals surface area contributed by atoms with Crippen LogP contribution in [-0.2, 0) is 4.79 Å². The first kappa shape index (κ1) is 12.0. The van der Waals surface area contributed by atoms with Gasteiger partial charge < -0.3 is 0 Å².